The van der Waals surface area contributed by atoms with E-state index >= 15 is 0 Å². The highest BCUT2D eigenvalue weighted by Gasteiger charge is 2.12. The standard InChI is InChI=1S/C25H23ClN2O3/c1-30-20-12-8-18(9-13-20)24-27-23-7-3-2-6-22(23)25(29)28(24)16-4-5-17-31-21-14-10-19(26)11-15-21/h2-3,6-15H,4-5,16-17H2,1H3. The van der Waals surface area contributed by atoms with Crippen LogP contribution < -0.4 is 15.0 Å². The van der Waals surface area contributed by atoms with E-state index in [2.05, 4.69) is 0 Å². The van der Waals surface area contributed by atoms with Gasteiger partial charge in [-0.3, -0.25) is 9.36 Å². The second-order valence-electron chi connectivity index (χ2n) is 7.15. The number of aromatic nitrogens is 2. The normalized spacial score (nSPS) is 10.9. The first-order chi connectivity index (χ1) is 15.2. The monoisotopic (exact) mass is 434 g/mol. The van der Waals surface area contributed by atoms with Crippen molar-refractivity contribution in [2.45, 2.75) is 19.4 Å². The molecule has 0 N–H and O–H groups in total. The number of halogens is 1. The molecule has 0 unspecified atom stereocenters. The van der Waals surface area contributed by atoms with E-state index in [1.807, 2.05) is 60.7 Å². The number of rotatable bonds is 8. The lowest BCUT2D eigenvalue weighted by atomic mass is 10.1. The lowest BCUT2D eigenvalue weighted by molar-refractivity contribution is 0.303. The van der Waals surface area contributed by atoms with Gasteiger partial charge in [-0.2, -0.15) is 0 Å². The molecule has 0 fully saturated rings. The molecule has 4 rings (SSSR count). The van der Waals surface area contributed by atoms with Crippen LogP contribution in [0.1, 0.15) is 12.8 Å². The number of unbranched alkanes of at least 4 members (excludes halogenated alkanes) is 1. The van der Waals surface area contributed by atoms with E-state index in [0.29, 0.717) is 34.9 Å². The molecule has 5 nitrogen and oxygen atoms in total. The van der Waals surface area contributed by atoms with E-state index in [4.69, 9.17) is 26.1 Å². The molecule has 4 aromatic rings. The Bertz CT molecular complexity index is 1220. The van der Waals surface area contributed by atoms with Crippen molar-refractivity contribution in [3.8, 4) is 22.9 Å². The fourth-order valence-corrected chi connectivity index (χ4v) is 3.55. The maximum Gasteiger partial charge on any atom is 0.261 e. The molecule has 0 spiro atoms. The summed E-state index contributed by atoms with van der Waals surface area (Å²) < 4.78 is 12.8. The average Bonchev–Trinajstić information content (AvgIpc) is 2.81. The summed E-state index contributed by atoms with van der Waals surface area (Å²) in [6, 6.07) is 22.4. The van der Waals surface area contributed by atoms with Crippen LogP contribution in [0.3, 0.4) is 0 Å². The molecule has 0 bridgehead atoms. The van der Waals surface area contributed by atoms with E-state index in [1.165, 1.54) is 0 Å². The Kier molecular flexibility index (Phi) is 6.53. The fourth-order valence-electron chi connectivity index (χ4n) is 3.43. The van der Waals surface area contributed by atoms with E-state index in [-0.39, 0.29) is 5.56 Å². The van der Waals surface area contributed by atoms with Crippen LogP contribution in [-0.4, -0.2) is 23.3 Å². The number of benzene rings is 3. The number of hydrogen-bond donors (Lipinski definition) is 0. The van der Waals surface area contributed by atoms with Gasteiger partial charge in [0.05, 0.1) is 24.6 Å². The molecular weight excluding hydrogens is 412 g/mol. The molecule has 0 atom stereocenters. The summed E-state index contributed by atoms with van der Waals surface area (Å²) in [5, 5.41) is 1.30. The van der Waals surface area contributed by atoms with Crippen molar-refractivity contribution in [2.24, 2.45) is 0 Å². The van der Waals surface area contributed by atoms with Crippen LogP contribution >= 0.6 is 11.6 Å². The first kappa shape index (κ1) is 20.9. The predicted molar refractivity (Wildman–Crippen MR) is 124 cm³/mol. The van der Waals surface area contributed by atoms with Gasteiger partial charge in [-0.15, -0.1) is 0 Å². The molecule has 0 amide bonds. The zero-order valence-electron chi connectivity index (χ0n) is 17.3. The summed E-state index contributed by atoms with van der Waals surface area (Å²) >= 11 is 5.90. The van der Waals surface area contributed by atoms with Crippen molar-refractivity contribution in [2.75, 3.05) is 13.7 Å². The molecule has 0 aliphatic heterocycles. The lowest BCUT2D eigenvalue weighted by Crippen LogP contribution is -2.24. The Labute approximate surface area is 185 Å². The van der Waals surface area contributed by atoms with Crippen LogP contribution in [0.25, 0.3) is 22.3 Å². The number of fused-ring (bicyclic) bond motifs is 1. The van der Waals surface area contributed by atoms with Gasteiger partial charge in [0, 0.05) is 17.1 Å². The molecule has 0 saturated carbocycles. The first-order valence-corrected chi connectivity index (χ1v) is 10.6. The summed E-state index contributed by atoms with van der Waals surface area (Å²) in [4.78, 5) is 18.0. The van der Waals surface area contributed by atoms with Gasteiger partial charge in [-0.1, -0.05) is 23.7 Å². The number of ether oxygens (including phenoxy) is 2. The molecular formula is C25H23ClN2O3. The van der Waals surface area contributed by atoms with Gasteiger partial charge < -0.3 is 9.47 Å². The largest absolute Gasteiger partial charge is 0.497 e. The minimum Gasteiger partial charge on any atom is -0.497 e. The summed E-state index contributed by atoms with van der Waals surface area (Å²) in [6.07, 6.45) is 1.60. The number of hydrogen-bond acceptors (Lipinski definition) is 4. The fraction of sp³-hybridized carbons (Fsp3) is 0.200. The second-order valence-corrected chi connectivity index (χ2v) is 7.58. The molecule has 0 saturated heterocycles. The van der Waals surface area contributed by atoms with Crippen LogP contribution in [-0.2, 0) is 6.54 Å². The zero-order chi connectivity index (χ0) is 21.6. The SMILES string of the molecule is COc1ccc(-c2nc3ccccc3c(=O)n2CCCCOc2ccc(Cl)cc2)cc1. The third kappa shape index (κ3) is 4.89. The molecule has 1 heterocycles. The van der Waals surface area contributed by atoms with E-state index < -0.39 is 0 Å². The van der Waals surface area contributed by atoms with Crippen molar-refractivity contribution >= 4 is 22.5 Å². The van der Waals surface area contributed by atoms with Gasteiger partial charge in [-0.05, 0) is 73.5 Å². The third-order valence-corrected chi connectivity index (χ3v) is 5.32. The maximum atomic E-state index is 13.2. The van der Waals surface area contributed by atoms with Gasteiger partial charge in [-0.25, -0.2) is 4.98 Å². The van der Waals surface area contributed by atoms with Gasteiger partial charge in [0.2, 0.25) is 0 Å². The smallest absolute Gasteiger partial charge is 0.261 e. The lowest BCUT2D eigenvalue weighted by Gasteiger charge is -2.14. The quantitative estimate of drug-likeness (QED) is 0.339. The van der Waals surface area contributed by atoms with Crippen molar-refractivity contribution in [1.29, 1.82) is 0 Å². The van der Waals surface area contributed by atoms with Crippen molar-refractivity contribution in [3.63, 3.8) is 0 Å². The number of para-hydroxylation sites is 1. The molecule has 1 aromatic heterocycles. The third-order valence-electron chi connectivity index (χ3n) is 5.07. The maximum absolute atomic E-state index is 13.2. The molecule has 6 heteroatoms. The van der Waals surface area contributed by atoms with E-state index in [1.54, 1.807) is 23.8 Å². The van der Waals surface area contributed by atoms with Crippen LogP contribution in [0.5, 0.6) is 11.5 Å². The van der Waals surface area contributed by atoms with Crippen LogP contribution in [0.15, 0.2) is 77.6 Å². The van der Waals surface area contributed by atoms with Crippen molar-refractivity contribution in [3.05, 3.63) is 88.2 Å². The van der Waals surface area contributed by atoms with E-state index in [9.17, 15) is 4.79 Å². The minimum atomic E-state index is -0.0324. The number of methoxy groups -OCH3 is 1. The summed E-state index contributed by atoms with van der Waals surface area (Å²) in [6.45, 7) is 1.12. The summed E-state index contributed by atoms with van der Waals surface area (Å²) in [7, 11) is 1.63. The van der Waals surface area contributed by atoms with E-state index in [0.717, 1.165) is 29.9 Å². The highest BCUT2D eigenvalue weighted by molar-refractivity contribution is 6.30. The van der Waals surface area contributed by atoms with Gasteiger partial charge in [0.15, 0.2) is 0 Å². The summed E-state index contributed by atoms with van der Waals surface area (Å²) in [5.74, 6) is 2.20. The molecule has 0 aliphatic carbocycles. The molecule has 158 valence electrons. The van der Waals surface area contributed by atoms with Gasteiger partial charge >= 0.3 is 0 Å². The molecule has 3 aromatic carbocycles. The first-order valence-electron chi connectivity index (χ1n) is 10.2. The van der Waals surface area contributed by atoms with Gasteiger partial charge in [0.1, 0.15) is 17.3 Å². The van der Waals surface area contributed by atoms with Crippen molar-refractivity contribution in [1.82, 2.24) is 9.55 Å². The Morgan fingerprint density at radius 2 is 1.61 bits per heavy atom. The highest BCUT2D eigenvalue weighted by Crippen LogP contribution is 2.22. The Balaban J connectivity index is 1.54. The summed E-state index contributed by atoms with van der Waals surface area (Å²) in [5.41, 5.74) is 1.54. The zero-order valence-corrected chi connectivity index (χ0v) is 18.0. The topological polar surface area (TPSA) is 53.3 Å². The van der Waals surface area contributed by atoms with Crippen LogP contribution in [0.4, 0.5) is 0 Å². The van der Waals surface area contributed by atoms with Crippen LogP contribution in [0.2, 0.25) is 5.02 Å². The Morgan fingerprint density at radius 3 is 2.35 bits per heavy atom. The van der Waals surface area contributed by atoms with Crippen molar-refractivity contribution < 1.29 is 9.47 Å². The Morgan fingerprint density at radius 1 is 0.903 bits per heavy atom. The highest BCUT2D eigenvalue weighted by atomic mass is 35.5. The Hall–Kier alpha value is -3.31. The second kappa shape index (κ2) is 9.67. The predicted octanol–water partition coefficient (Wildman–Crippen LogP) is 5.58. The molecule has 0 aliphatic rings. The molecule has 31 heavy (non-hydrogen) atoms. The minimum absolute atomic E-state index is 0.0324. The van der Waals surface area contributed by atoms with Gasteiger partial charge in [0.25, 0.3) is 5.56 Å². The molecule has 0 radical (unpaired) electrons. The average molecular weight is 435 g/mol. The number of nitrogens with zero attached hydrogens (tertiary/aromatic N) is 2. The van der Waals surface area contributed by atoms with Crippen LogP contribution in [0, 0.1) is 0 Å².